The van der Waals surface area contributed by atoms with Crippen molar-refractivity contribution in [1.82, 2.24) is 14.7 Å². The van der Waals surface area contributed by atoms with Gasteiger partial charge in [-0.15, -0.1) is 0 Å². The van der Waals surface area contributed by atoms with Crippen LogP contribution in [0, 0.1) is 5.92 Å². The van der Waals surface area contributed by atoms with Crippen LogP contribution in [0.3, 0.4) is 0 Å². The lowest BCUT2D eigenvalue weighted by atomic mass is 9.96. The zero-order valence-electron chi connectivity index (χ0n) is 11.7. The lowest BCUT2D eigenvalue weighted by Crippen LogP contribution is -2.39. The van der Waals surface area contributed by atoms with Gasteiger partial charge in [0, 0.05) is 24.8 Å². The first kappa shape index (κ1) is 13.6. The first-order chi connectivity index (χ1) is 8.74. The minimum Gasteiger partial charge on any atom is -0.329 e. The molecule has 18 heavy (non-hydrogen) atoms. The van der Waals surface area contributed by atoms with E-state index in [1.54, 1.807) is 0 Å². The van der Waals surface area contributed by atoms with Crippen molar-refractivity contribution in [3.63, 3.8) is 0 Å². The molecule has 1 saturated heterocycles. The smallest absolute Gasteiger partial charge is 0.0538 e. The van der Waals surface area contributed by atoms with Gasteiger partial charge >= 0.3 is 0 Å². The summed E-state index contributed by atoms with van der Waals surface area (Å²) < 4.78 is 2.03. The molecule has 4 heteroatoms. The van der Waals surface area contributed by atoms with Crippen LogP contribution in [0.4, 0.5) is 0 Å². The number of nitrogens with two attached hydrogens (primary N) is 1. The van der Waals surface area contributed by atoms with Gasteiger partial charge in [0.15, 0.2) is 0 Å². The Morgan fingerprint density at radius 1 is 1.44 bits per heavy atom. The van der Waals surface area contributed by atoms with Gasteiger partial charge in [0.2, 0.25) is 0 Å². The Morgan fingerprint density at radius 2 is 2.17 bits per heavy atom. The number of nitrogens with zero attached hydrogens (tertiary/aromatic N) is 3. The van der Waals surface area contributed by atoms with E-state index < -0.39 is 0 Å². The van der Waals surface area contributed by atoms with Crippen molar-refractivity contribution >= 4 is 0 Å². The monoisotopic (exact) mass is 250 g/mol. The van der Waals surface area contributed by atoms with E-state index >= 15 is 0 Å². The van der Waals surface area contributed by atoms with Crippen LogP contribution >= 0.6 is 0 Å². The number of rotatable bonds is 5. The third-order valence-corrected chi connectivity index (χ3v) is 3.97. The van der Waals surface area contributed by atoms with Crippen molar-refractivity contribution in [3.05, 3.63) is 18.0 Å². The molecule has 1 aromatic rings. The molecule has 102 valence electrons. The van der Waals surface area contributed by atoms with Gasteiger partial charge in [-0.3, -0.25) is 9.58 Å². The molecule has 0 aromatic carbocycles. The van der Waals surface area contributed by atoms with Gasteiger partial charge in [0.1, 0.15) is 0 Å². The highest BCUT2D eigenvalue weighted by Crippen LogP contribution is 2.25. The number of aromatic nitrogens is 2. The maximum atomic E-state index is 5.97. The predicted molar refractivity (Wildman–Crippen MR) is 74.3 cm³/mol. The van der Waals surface area contributed by atoms with Crippen molar-refractivity contribution in [2.75, 3.05) is 19.6 Å². The summed E-state index contributed by atoms with van der Waals surface area (Å²) in [5.74, 6) is 0.863. The van der Waals surface area contributed by atoms with Gasteiger partial charge in [-0.1, -0.05) is 13.8 Å². The second-order valence-corrected chi connectivity index (χ2v) is 5.51. The van der Waals surface area contributed by atoms with Gasteiger partial charge in [0.25, 0.3) is 0 Å². The van der Waals surface area contributed by atoms with E-state index in [0.29, 0.717) is 12.6 Å². The molecule has 0 radical (unpaired) electrons. The van der Waals surface area contributed by atoms with E-state index in [4.69, 9.17) is 5.73 Å². The standard InChI is InChI=1S/C14H26N4/c1-3-6-18-11-13(10-16-18)14(9-15)17-7-4-12(2)5-8-17/h10-12,14H,3-9,15H2,1-2H3. The topological polar surface area (TPSA) is 47.1 Å². The van der Waals surface area contributed by atoms with Crippen LogP contribution < -0.4 is 5.73 Å². The number of aryl methyl sites for hydroxylation is 1. The first-order valence-electron chi connectivity index (χ1n) is 7.21. The molecule has 0 saturated carbocycles. The third kappa shape index (κ3) is 3.12. The fraction of sp³-hybridized carbons (Fsp3) is 0.786. The Morgan fingerprint density at radius 3 is 2.78 bits per heavy atom. The normalized spacial score (nSPS) is 20.2. The molecule has 0 spiro atoms. The zero-order valence-corrected chi connectivity index (χ0v) is 11.7. The number of likely N-dealkylation sites (tertiary alicyclic amines) is 1. The molecule has 2 heterocycles. The van der Waals surface area contributed by atoms with E-state index in [0.717, 1.165) is 18.9 Å². The van der Waals surface area contributed by atoms with Crippen molar-refractivity contribution in [2.24, 2.45) is 11.7 Å². The second kappa shape index (κ2) is 6.34. The number of hydrogen-bond acceptors (Lipinski definition) is 3. The predicted octanol–water partition coefficient (Wildman–Crippen LogP) is 2.02. The summed E-state index contributed by atoms with van der Waals surface area (Å²) >= 11 is 0. The first-order valence-corrected chi connectivity index (χ1v) is 7.21. The minimum atomic E-state index is 0.350. The van der Waals surface area contributed by atoms with E-state index in [1.807, 2.05) is 10.9 Å². The van der Waals surface area contributed by atoms with E-state index in [9.17, 15) is 0 Å². The summed E-state index contributed by atoms with van der Waals surface area (Å²) in [6.45, 7) is 8.53. The van der Waals surface area contributed by atoms with Gasteiger partial charge in [-0.05, 0) is 38.3 Å². The molecule has 0 aliphatic carbocycles. The van der Waals surface area contributed by atoms with Gasteiger partial charge in [-0.25, -0.2) is 0 Å². The highest BCUT2D eigenvalue weighted by Gasteiger charge is 2.24. The quantitative estimate of drug-likeness (QED) is 0.869. The average molecular weight is 250 g/mol. The number of piperidine rings is 1. The molecule has 2 rings (SSSR count). The fourth-order valence-corrected chi connectivity index (χ4v) is 2.74. The summed E-state index contributed by atoms with van der Waals surface area (Å²) in [5.41, 5.74) is 7.25. The van der Waals surface area contributed by atoms with Crippen LogP contribution in [-0.4, -0.2) is 34.3 Å². The van der Waals surface area contributed by atoms with Crippen LogP contribution in [0.25, 0.3) is 0 Å². The summed E-state index contributed by atoms with van der Waals surface area (Å²) in [6.07, 6.45) is 7.86. The van der Waals surface area contributed by atoms with Crippen LogP contribution in [0.1, 0.15) is 44.7 Å². The second-order valence-electron chi connectivity index (χ2n) is 5.51. The molecule has 1 aliphatic rings. The van der Waals surface area contributed by atoms with Crippen molar-refractivity contribution in [3.8, 4) is 0 Å². The average Bonchev–Trinajstić information content (AvgIpc) is 2.82. The minimum absolute atomic E-state index is 0.350. The maximum absolute atomic E-state index is 5.97. The molecule has 1 aromatic heterocycles. The Bertz CT molecular complexity index is 352. The molecule has 1 atom stereocenters. The molecule has 4 nitrogen and oxygen atoms in total. The SMILES string of the molecule is CCCn1cc(C(CN)N2CCC(C)CC2)cn1. The molecular weight excluding hydrogens is 224 g/mol. The van der Waals surface area contributed by atoms with E-state index in [2.05, 4.69) is 30.0 Å². The molecule has 2 N–H and O–H groups in total. The Hall–Kier alpha value is -0.870. The van der Waals surface area contributed by atoms with E-state index in [1.165, 1.54) is 31.5 Å². The van der Waals surface area contributed by atoms with Crippen LogP contribution in [0.15, 0.2) is 12.4 Å². The van der Waals surface area contributed by atoms with Crippen LogP contribution in [0.2, 0.25) is 0 Å². The van der Waals surface area contributed by atoms with Gasteiger partial charge < -0.3 is 5.73 Å². The molecule has 0 bridgehead atoms. The molecule has 1 aliphatic heterocycles. The molecule has 1 fully saturated rings. The lowest BCUT2D eigenvalue weighted by Gasteiger charge is -2.35. The highest BCUT2D eigenvalue weighted by molar-refractivity contribution is 5.11. The summed E-state index contributed by atoms with van der Waals surface area (Å²) in [5, 5.41) is 4.42. The highest BCUT2D eigenvalue weighted by atomic mass is 15.3. The van der Waals surface area contributed by atoms with Crippen LogP contribution in [-0.2, 0) is 6.54 Å². The Balaban J connectivity index is 2.02. The Kier molecular flexibility index (Phi) is 4.78. The van der Waals surface area contributed by atoms with E-state index in [-0.39, 0.29) is 0 Å². The lowest BCUT2D eigenvalue weighted by molar-refractivity contribution is 0.141. The summed E-state index contributed by atoms with van der Waals surface area (Å²) in [6, 6.07) is 0.350. The van der Waals surface area contributed by atoms with Crippen molar-refractivity contribution in [1.29, 1.82) is 0 Å². The van der Waals surface area contributed by atoms with Crippen molar-refractivity contribution < 1.29 is 0 Å². The number of hydrogen-bond donors (Lipinski definition) is 1. The zero-order chi connectivity index (χ0) is 13.0. The van der Waals surface area contributed by atoms with Gasteiger partial charge in [-0.2, -0.15) is 5.10 Å². The molecule has 0 amide bonds. The molecular formula is C14H26N4. The molecule has 1 unspecified atom stereocenters. The van der Waals surface area contributed by atoms with Gasteiger partial charge in [0.05, 0.1) is 12.2 Å². The maximum Gasteiger partial charge on any atom is 0.0538 e. The summed E-state index contributed by atoms with van der Waals surface area (Å²) in [7, 11) is 0. The summed E-state index contributed by atoms with van der Waals surface area (Å²) in [4.78, 5) is 2.52. The largest absolute Gasteiger partial charge is 0.329 e. The van der Waals surface area contributed by atoms with Crippen molar-refractivity contribution in [2.45, 2.75) is 45.7 Å². The third-order valence-electron chi connectivity index (χ3n) is 3.97. The van der Waals surface area contributed by atoms with Crippen LogP contribution in [0.5, 0.6) is 0 Å². The Labute approximate surface area is 110 Å². The fourth-order valence-electron chi connectivity index (χ4n) is 2.74.